The van der Waals surface area contributed by atoms with Crippen molar-refractivity contribution in [3.8, 4) is 0 Å². The van der Waals surface area contributed by atoms with Crippen LogP contribution in [0.4, 0.5) is 0 Å². The van der Waals surface area contributed by atoms with E-state index in [0.717, 1.165) is 5.75 Å². The molecule has 6 heavy (non-hydrogen) atoms. The van der Waals surface area contributed by atoms with E-state index < -0.39 is 0 Å². The van der Waals surface area contributed by atoms with Crippen LogP contribution in [0.15, 0.2) is 0 Å². The van der Waals surface area contributed by atoms with Crippen molar-refractivity contribution >= 4 is 21.4 Å². The lowest BCUT2D eigenvalue weighted by molar-refractivity contribution is 1.45. The lowest BCUT2D eigenvalue weighted by Crippen LogP contribution is -1.97. The summed E-state index contributed by atoms with van der Waals surface area (Å²) in [5.74, 6) is 1.09. The Kier molecular flexibility index (Phi) is 4.10. The lowest BCUT2D eigenvalue weighted by atomic mass is 11.0. The molecule has 0 N–H and O–H groups in total. The topological polar surface area (TPSA) is 0 Å². The molecular weight excluding hydrogens is 108 g/mol. The molecule has 0 aliphatic rings. The van der Waals surface area contributed by atoms with Gasteiger partial charge in [-0.2, -0.15) is 12.6 Å². The Hall–Kier alpha value is 0.567. The summed E-state index contributed by atoms with van der Waals surface area (Å²) in [5, 5.41) is 0. The summed E-state index contributed by atoms with van der Waals surface area (Å²) in [6, 6.07) is 1.38. The van der Waals surface area contributed by atoms with Crippen LogP contribution >= 0.6 is 12.6 Å². The normalized spacial score (nSPS) is 10.0. The number of rotatable bonds is 2. The maximum atomic E-state index is 4.09. The summed E-state index contributed by atoms with van der Waals surface area (Å²) in [7, 11) is -0.247. The van der Waals surface area contributed by atoms with Crippen LogP contribution in [0.1, 0.15) is 0 Å². The van der Waals surface area contributed by atoms with Crippen LogP contribution in [0.5, 0.6) is 0 Å². The van der Waals surface area contributed by atoms with Crippen molar-refractivity contribution in [3.63, 3.8) is 0 Å². The largest absolute Gasteiger partial charge is 0.180 e. The molecule has 0 fully saturated rings. The third-order valence-electron chi connectivity index (χ3n) is 0.706. The van der Waals surface area contributed by atoms with Crippen LogP contribution in [0.25, 0.3) is 0 Å². The molecule has 0 heterocycles. The van der Waals surface area contributed by atoms with Crippen molar-refractivity contribution < 1.29 is 0 Å². The first kappa shape index (κ1) is 6.57. The molecule has 0 amide bonds. The van der Waals surface area contributed by atoms with Gasteiger partial charge in [-0.1, -0.05) is 19.1 Å². The van der Waals surface area contributed by atoms with E-state index in [1.165, 1.54) is 6.04 Å². The van der Waals surface area contributed by atoms with Crippen molar-refractivity contribution in [2.75, 3.05) is 5.75 Å². The Bertz CT molecular complexity index is 28.7. The molecule has 0 aliphatic heterocycles. The standard InChI is InChI=1S/C4H12SSi/c1-6(2)4-3-5/h5-6H,3-4H2,1-2H3. The van der Waals surface area contributed by atoms with Crippen LogP contribution in [-0.2, 0) is 0 Å². The molecule has 0 saturated carbocycles. The van der Waals surface area contributed by atoms with E-state index in [2.05, 4.69) is 25.7 Å². The second-order valence-electron chi connectivity index (χ2n) is 1.91. The average molecular weight is 120 g/mol. The average Bonchev–Trinajstić information content (AvgIpc) is 1.35. The van der Waals surface area contributed by atoms with Crippen LogP contribution < -0.4 is 0 Å². The van der Waals surface area contributed by atoms with Gasteiger partial charge in [-0.3, -0.25) is 0 Å². The zero-order valence-corrected chi connectivity index (χ0v) is 6.49. The predicted octanol–water partition coefficient (Wildman–Crippen LogP) is 1.40. The van der Waals surface area contributed by atoms with Gasteiger partial charge in [0.25, 0.3) is 0 Å². The molecule has 0 aromatic rings. The maximum Gasteiger partial charge on any atom is 0.0313 e. The second-order valence-corrected chi connectivity index (χ2v) is 5.72. The Morgan fingerprint density at radius 1 is 1.50 bits per heavy atom. The van der Waals surface area contributed by atoms with Gasteiger partial charge in [-0.05, 0) is 5.75 Å². The quantitative estimate of drug-likeness (QED) is 0.413. The SMILES string of the molecule is C[SiH](C)CCS. The maximum absolute atomic E-state index is 4.09. The number of thiol groups is 1. The Balaban J connectivity index is 2.63. The fraction of sp³-hybridized carbons (Fsp3) is 1.00. The fourth-order valence-corrected chi connectivity index (χ4v) is 2.32. The Labute approximate surface area is 47.0 Å². The molecule has 0 aliphatic carbocycles. The third kappa shape index (κ3) is 4.57. The molecule has 0 atom stereocenters. The summed E-state index contributed by atoms with van der Waals surface area (Å²) in [5.41, 5.74) is 0. The lowest BCUT2D eigenvalue weighted by Gasteiger charge is -1.93. The zero-order chi connectivity index (χ0) is 4.99. The molecule has 0 spiro atoms. The van der Waals surface area contributed by atoms with E-state index in [1.807, 2.05) is 0 Å². The van der Waals surface area contributed by atoms with E-state index in [-0.39, 0.29) is 8.80 Å². The minimum Gasteiger partial charge on any atom is -0.180 e. The second kappa shape index (κ2) is 3.75. The highest BCUT2D eigenvalue weighted by molar-refractivity contribution is 7.80. The molecule has 0 bridgehead atoms. The Morgan fingerprint density at radius 3 is 2.00 bits per heavy atom. The first-order valence-corrected chi connectivity index (χ1v) is 6.14. The molecule has 0 nitrogen and oxygen atoms in total. The molecule has 2 heteroatoms. The molecule has 0 rings (SSSR count). The van der Waals surface area contributed by atoms with Gasteiger partial charge in [0.1, 0.15) is 0 Å². The molecule has 38 valence electrons. The summed E-state index contributed by atoms with van der Waals surface area (Å²) in [6.45, 7) is 4.69. The van der Waals surface area contributed by atoms with Crippen LogP contribution in [0.2, 0.25) is 19.1 Å². The van der Waals surface area contributed by atoms with Crippen molar-refractivity contribution in [1.29, 1.82) is 0 Å². The van der Waals surface area contributed by atoms with E-state index in [0.29, 0.717) is 0 Å². The monoisotopic (exact) mass is 120 g/mol. The van der Waals surface area contributed by atoms with Gasteiger partial charge in [-0.15, -0.1) is 0 Å². The summed E-state index contributed by atoms with van der Waals surface area (Å²) >= 11 is 4.09. The summed E-state index contributed by atoms with van der Waals surface area (Å²) in [4.78, 5) is 0. The molecule has 0 aromatic carbocycles. The summed E-state index contributed by atoms with van der Waals surface area (Å²) in [6.07, 6.45) is 0. The van der Waals surface area contributed by atoms with Crippen molar-refractivity contribution in [3.05, 3.63) is 0 Å². The first-order chi connectivity index (χ1) is 2.77. The van der Waals surface area contributed by atoms with Gasteiger partial charge in [0.05, 0.1) is 0 Å². The van der Waals surface area contributed by atoms with Gasteiger partial charge in [0.2, 0.25) is 0 Å². The van der Waals surface area contributed by atoms with Gasteiger partial charge in [0.15, 0.2) is 0 Å². The van der Waals surface area contributed by atoms with Crippen molar-refractivity contribution in [2.24, 2.45) is 0 Å². The zero-order valence-electron chi connectivity index (χ0n) is 4.44. The highest BCUT2D eigenvalue weighted by Gasteiger charge is 1.88. The molecule has 0 saturated heterocycles. The van der Waals surface area contributed by atoms with E-state index >= 15 is 0 Å². The third-order valence-corrected chi connectivity index (χ3v) is 2.89. The summed E-state index contributed by atoms with van der Waals surface area (Å²) < 4.78 is 0. The molecular formula is C4H12SSi. The van der Waals surface area contributed by atoms with Crippen LogP contribution in [0.3, 0.4) is 0 Å². The van der Waals surface area contributed by atoms with Gasteiger partial charge in [0, 0.05) is 8.80 Å². The molecule has 0 unspecified atom stereocenters. The van der Waals surface area contributed by atoms with Crippen molar-refractivity contribution in [2.45, 2.75) is 19.1 Å². The minimum atomic E-state index is -0.247. The van der Waals surface area contributed by atoms with Crippen molar-refractivity contribution in [1.82, 2.24) is 0 Å². The van der Waals surface area contributed by atoms with Crippen LogP contribution in [0, 0.1) is 0 Å². The minimum absolute atomic E-state index is 0.247. The van der Waals surface area contributed by atoms with Gasteiger partial charge >= 0.3 is 0 Å². The smallest absolute Gasteiger partial charge is 0.0313 e. The van der Waals surface area contributed by atoms with Gasteiger partial charge < -0.3 is 0 Å². The Morgan fingerprint density at radius 2 is 2.00 bits per heavy atom. The molecule has 0 radical (unpaired) electrons. The first-order valence-electron chi connectivity index (χ1n) is 2.38. The van der Waals surface area contributed by atoms with E-state index in [9.17, 15) is 0 Å². The number of hydrogen-bond donors (Lipinski definition) is 1. The van der Waals surface area contributed by atoms with Gasteiger partial charge in [-0.25, -0.2) is 0 Å². The number of hydrogen-bond acceptors (Lipinski definition) is 1. The molecule has 0 aromatic heterocycles. The van der Waals surface area contributed by atoms with E-state index in [4.69, 9.17) is 0 Å². The highest BCUT2D eigenvalue weighted by Crippen LogP contribution is 1.90. The predicted molar refractivity (Wildman–Crippen MR) is 37.5 cm³/mol. The fourth-order valence-electron chi connectivity index (χ4n) is 0.258. The van der Waals surface area contributed by atoms with Crippen LogP contribution in [-0.4, -0.2) is 14.5 Å². The van der Waals surface area contributed by atoms with E-state index in [1.54, 1.807) is 0 Å². The highest BCUT2D eigenvalue weighted by atomic mass is 32.1.